The van der Waals surface area contributed by atoms with E-state index in [-0.39, 0.29) is 0 Å². The van der Waals surface area contributed by atoms with Crippen LogP contribution in [0.5, 0.6) is 5.75 Å². The van der Waals surface area contributed by atoms with Crippen molar-refractivity contribution < 1.29 is 19.0 Å². The SMILES string of the molecule is COc1ccc(-c2ccc(SON3Cc4cc(C(=O)NO)cc(Cl)c4C3)cc2)cc1. The van der Waals surface area contributed by atoms with Crippen molar-refractivity contribution in [2.24, 2.45) is 0 Å². The zero-order valence-corrected chi connectivity index (χ0v) is 17.7. The summed E-state index contributed by atoms with van der Waals surface area (Å²) in [6.07, 6.45) is 0. The number of benzene rings is 3. The van der Waals surface area contributed by atoms with Crippen LogP contribution in [-0.4, -0.2) is 23.3 Å². The maximum atomic E-state index is 11.6. The van der Waals surface area contributed by atoms with Gasteiger partial charge in [0, 0.05) is 15.5 Å². The zero-order valence-electron chi connectivity index (χ0n) is 16.1. The molecule has 1 aliphatic rings. The van der Waals surface area contributed by atoms with Crippen LogP contribution in [0, 0.1) is 0 Å². The van der Waals surface area contributed by atoms with E-state index in [0.29, 0.717) is 23.7 Å². The lowest BCUT2D eigenvalue weighted by molar-refractivity contribution is -0.0430. The van der Waals surface area contributed by atoms with E-state index in [1.807, 2.05) is 48.5 Å². The summed E-state index contributed by atoms with van der Waals surface area (Å²) in [5, 5.41) is 11.1. The molecule has 1 amide bonds. The van der Waals surface area contributed by atoms with Gasteiger partial charge in [-0.2, -0.15) is 5.06 Å². The molecule has 0 radical (unpaired) electrons. The highest BCUT2D eigenvalue weighted by Gasteiger charge is 2.24. The molecule has 0 aliphatic carbocycles. The van der Waals surface area contributed by atoms with E-state index in [2.05, 4.69) is 0 Å². The van der Waals surface area contributed by atoms with Crippen LogP contribution < -0.4 is 10.2 Å². The van der Waals surface area contributed by atoms with Crippen LogP contribution in [0.2, 0.25) is 5.02 Å². The number of halogens is 1. The summed E-state index contributed by atoms with van der Waals surface area (Å²) < 4.78 is 11.0. The quantitative estimate of drug-likeness (QED) is 0.315. The summed E-state index contributed by atoms with van der Waals surface area (Å²) in [6, 6.07) is 19.3. The van der Waals surface area contributed by atoms with E-state index in [0.717, 1.165) is 32.9 Å². The highest BCUT2D eigenvalue weighted by molar-refractivity contribution is 7.94. The molecule has 4 rings (SSSR count). The number of hydroxylamine groups is 3. The molecule has 0 aromatic heterocycles. The van der Waals surface area contributed by atoms with Gasteiger partial charge in [-0.05, 0) is 58.7 Å². The second-order valence-electron chi connectivity index (χ2n) is 6.75. The second kappa shape index (κ2) is 9.07. The first-order chi connectivity index (χ1) is 14.6. The van der Waals surface area contributed by atoms with Gasteiger partial charge in [-0.3, -0.25) is 10.0 Å². The zero-order chi connectivity index (χ0) is 21.1. The predicted octanol–water partition coefficient (Wildman–Crippen LogP) is 5.09. The minimum atomic E-state index is -0.592. The van der Waals surface area contributed by atoms with Gasteiger partial charge < -0.3 is 4.74 Å². The van der Waals surface area contributed by atoms with Crippen molar-refractivity contribution in [3.05, 3.63) is 82.4 Å². The predicted molar refractivity (Wildman–Crippen MR) is 115 cm³/mol. The van der Waals surface area contributed by atoms with Crippen molar-refractivity contribution in [3.63, 3.8) is 0 Å². The molecule has 6 nitrogen and oxygen atoms in total. The molecule has 0 unspecified atom stereocenters. The van der Waals surface area contributed by atoms with Crippen LogP contribution in [-0.2, 0) is 17.4 Å². The van der Waals surface area contributed by atoms with Crippen LogP contribution >= 0.6 is 23.6 Å². The number of carbonyl (C=O) groups excluding carboxylic acids is 1. The van der Waals surface area contributed by atoms with Gasteiger partial charge in [-0.15, -0.1) is 0 Å². The molecule has 154 valence electrons. The molecule has 0 fully saturated rings. The summed E-state index contributed by atoms with van der Waals surface area (Å²) in [5.41, 5.74) is 5.97. The number of nitrogens with zero attached hydrogens (tertiary/aromatic N) is 1. The van der Waals surface area contributed by atoms with Gasteiger partial charge in [-0.25, -0.2) is 9.76 Å². The summed E-state index contributed by atoms with van der Waals surface area (Å²) >= 11 is 7.56. The fraction of sp³-hybridized carbons (Fsp3) is 0.136. The third-order valence-electron chi connectivity index (χ3n) is 4.85. The number of hydrogen-bond acceptors (Lipinski definition) is 6. The standard InChI is InChI=1S/C22H19ClN2O4S/c1-28-18-6-2-14(3-7-18)15-4-8-19(9-5-15)30-29-25-12-17-10-16(22(26)24-27)11-21(23)20(17)13-25/h2-11,27H,12-13H2,1H3,(H,24,26). The Labute approximate surface area is 183 Å². The van der Waals surface area contributed by atoms with Crippen LogP contribution in [0.4, 0.5) is 0 Å². The number of methoxy groups -OCH3 is 1. The van der Waals surface area contributed by atoms with Gasteiger partial charge in [0.25, 0.3) is 5.91 Å². The van der Waals surface area contributed by atoms with E-state index >= 15 is 0 Å². The number of carbonyl (C=O) groups is 1. The second-order valence-corrected chi connectivity index (χ2v) is 7.94. The fourth-order valence-electron chi connectivity index (χ4n) is 3.26. The Morgan fingerprint density at radius 3 is 2.37 bits per heavy atom. The third-order valence-corrected chi connectivity index (χ3v) is 5.94. The van der Waals surface area contributed by atoms with Crippen molar-refractivity contribution in [1.29, 1.82) is 0 Å². The molecular formula is C22H19ClN2O4S. The van der Waals surface area contributed by atoms with Gasteiger partial charge in [0.15, 0.2) is 0 Å². The van der Waals surface area contributed by atoms with Crippen molar-refractivity contribution in [1.82, 2.24) is 10.5 Å². The minimum Gasteiger partial charge on any atom is -0.497 e. The molecule has 0 saturated carbocycles. The van der Waals surface area contributed by atoms with Gasteiger partial charge in [0.1, 0.15) is 5.75 Å². The summed E-state index contributed by atoms with van der Waals surface area (Å²) in [7, 11) is 1.65. The van der Waals surface area contributed by atoms with Crippen LogP contribution in [0.15, 0.2) is 65.6 Å². The molecule has 1 heterocycles. The molecule has 0 bridgehead atoms. The number of nitrogens with one attached hydrogen (secondary N) is 1. The van der Waals surface area contributed by atoms with E-state index in [9.17, 15) is 4.79 Å². The minimum absolute atomic E-state index is 0.310. The summed E-state index contributed by atoms with van der Waals surface area (Å²) in [5.74, 6) is 0.237. The Bertz CT molecular complexity index is 1060. The van der Waals surface area contributed by atoms with E-state index in [1.165, 1.54) is 12.0 Å². The first-order valence-corrected chi connectivity index (χ1v) is 10.3. The number of hydrogen-bond donors (Lipinski definition) is 2. The largest absolute Gasteiger partial charge is 0.497 e. The average molecular weight is 443 g/mol. The van der Waals surface area contributed by atoms with Crippen LogP contribution in [0.3, 0.4) is 0 Å². The number of fused-ring (bicyclic) bond motifs is 1. The lowest BCUT2D eigenvalue weighted by Gasteiger charge is -2.13. The molecular weight excluding hydrogens is 424 g/mol. The molecule has 8 heteroatoms. The summed E-state index contributed by atoms with van der Waals surface area (Å²) in [6.45, 7) is 1.02. The molecule has 0 spiro atoms. The Morgan fingerprint density at radius 1 is 1.07 bits per heavy atom. The van der Waals surface area contributed by atoms with Gasteiger partial charge >= 0.3 is 0 Å². The van der Waals surface area contributed by atoms with Gasteiger partial charge in [-0.1, -0.05) is 35.9 Å². The summed E-state index contributed by atoms with van der Waals surface area (Å²) in [4.78, 5) is 12.6. The molecule has 3 aromatic carbocycles. The Hall–Kier alpha value is -2.55. The fourth-order valence-corrected chi connectivity index (χ4v) is 4.11. The van der Waals surface area contributed by atoms with Crippen molar-refractivity contribution in [2.75, 3.05) is 7.11 Å². The lowest BCUT2D eigenvalue weighted by atomic mass is 10.1. The highest BCUT2D eigenvalue weighted by atomic mass is 35.5. The Kier molecular flexibility index (Phi) is 6.26. The molecule has 3 aromatic rings. The Morgan fingerprint density at radius 2 is 1.73 bits per heavy atom. The lowest BCUT2D eigenvalue weighted by Crippen LogP contribution is -2.18. The molecule has 0 atom stereocenters. The number of ether oxygens (including phenoxy) is 1. The molecule has 1 aliphatic heterocycles. The average Bonchev–Trinajstić information content (AvgIpc) is 3.21. The monoisotopic (exact) mass is 442 g/mol. The normalized spacial score (nSPS) is 13.2. The number of amides is 1. The van der Waals surface area contributed by atoms with Crippen molar-refractivity contribution >= 4 is 29.6 Å². The van der Waals surface area contributed by atoms with E-state index in [4.69, 9.17) is 25.8 Å². The van der Waals surface area contributed by atoms with Gasteiger partial charge in [0.2, 0.25) is 0 Å². The Balaban J connectivity index is 1.38. The van der Waals surface area contributed by atoms with Crippen LogP contribution in [0.1, 0.15) is 21.5 Å². The topological polar surface area (TPSA) is 71.0 Å². The van der Waals surface area contributed by atoms with E-state index in [1.54, 1.807) is 29.8 Å². The highest BCUT2D eigenvalue weighted by Crippen LogP contribution is 2.34. The first-order valence-electron chi connectivity index (χ1n) is 9.17. The van der Waals surface area contributed by atoms with E-state index < -0.39 is 5.91 Å². The molecule has 2 N–H and O–H groups in total. The maximum Gasteiger partial charge on any atom is 0.274 e. The van der Waals surface area contributed by atoms with Crippen molar-refractivity contribution in [3.8, 4) is 16.9 Å². The smallest absolute Gasteiger partial charge is 0.274 e. The van der Waals surface area contributed by atoms with Crippen LogP contribution in [0.25, 0.3) is 11.1 Å². The molecule has 30 heavy (non-hydrogen) atoms. The third kappa shape index (κ3) is 4.45. The maximum absolute atomic E-state index is 11.6. The van der Waals surface area contributed by atoms with Gasteiger partial charge in [0.05, 0.1) is 32.2 Å². The molecule has 0 saturated heterocycles. The first kappa shape index (κ1) is 20.7. The number of rotatable bonds is 6. The van der Waals surface area contributed by atoms with Crippen molar-refractivity contribution in [2.45, 2.75) is 18.0 Å².